The van der Waals surface area contributed by atoms with E-state index in [-0.39, 0.29) is 5.75 Å². The molecule has 2 aromatic rings. The van der Waals surface area contributed by atoms with Crippen molar-refractivity contribution in [2.75, 3.05) is 5.73 Å². The quantitative estimate of drug-likeness (QED) is 0.632. The van der Waals surface area contributed by atoms with E-state index in [4.69, 9.17) is 17.3 Å². The van der Waals surface area contributed by atoms with Crippen LogP contribution in [0.1, 0.15) is 0 Å². The number of aromatic hydroxyl groups is 1. The van der Waals surface area contributed by atoms with E-state index >= 15 is 0 Å². The summed E-state index contributed by atoms with van der Waals surface area (Å²) in [5.41, 5.74) is 6.12. The van der Waals surface area contributed by atoms with Crippen LogP contribution in [0.15, 0.2) is 30.3 Å². The Bertz CT molecular complexity index is 468. The van der Waals surface area contributed by atoms with E-state index < -0.39 is 0 Å². The molecule has 3 heteroatoms. The summed E-state index contributed by atoms with van der Waals surface area (Å²) in [5.74, 6) is 0.164. The Balaban J connectivity index is 2.87. The number of fused-ring (bicyclic) bond motifs is 1. The molecule has 0 amide bonds. The third-order valence-electron chi connectivity index (χ3n) is 1.92. The maximum atomic E-state index is 9.54. The lowest BCUT2D eigenvalue weighted by atomic mass is 10.1. The van der Waals surface area contributed by atoms with Crippen molar-refractivity contribution in [2.45, 2.75) is 0 Å². The molecule has 0 aromatic heterocycles. The Morgan fingerprint density at radius 3 is 2.69 bits per heavy atom. The lowest BCUT2D eigenvalue weighted by molar-refractivity contribution is 0.482. The van der Waals surface area contributed by atoms with Gasteiger partial charge in [0.05, 0.1) is 0 Å². The van der Waals surface area contributed by atoms with Crippen LogP contribution in [0, 0.1) is 0 Å². The highest BCUT2D eigenvalue weighted by Gasteiger charge is 2.01. The second-order valence-electron chi connectivity index (χ2n) is 2.91. The highest BCUT2D eigenvalue weighted by Crippen LogP contribution is 2.29. The monoisotopic (exact) mass is 193 g/mol. The van der Waals surface area contributed by atoms with E-state index in [1.54, 1.807) is 18.2 Å². The van der Waals surface area contributed by atoms with Gasteiger partial charge >= 0.3 is 0 Å². The fourth-order valence-corrected chi connectivity index (χ4v) is 1.51. The molecule has 0 saturated carbocycles. The molecule has 0 aliphatic rings. The van der Waals surface area contributed by atoms with Gasteiger partial charge < -0.3 is 10.8 Å². The van der Waals surface area contributed by atoms with Crippen LogP contribution in [0.3, 0.4) is 0 Å². The highest BCUT2D eigenvalue weighted by atomic mass is 35.5. The van der Waals surface area contributed by atoms with Crippen LogP contribution in [0.5, 0.6) is 5.75 Å². The Hall–Kier alpha value is -1.41. The fourth-order valence-electron chi connectivity index (χ4n) is 1.33. The largest absolute Gasteiger partial charge is 0.507 e. The van der Waals surface area contributed by atoms with Gasteiger partial charge in [0.25, 0.3) is 0 Å². The van der Waals surface area contributed by atoms with Crippen LogP contribution in [-0.4, -0.2) is 5.11 Å². The Labute approximate surface area is 80.6 Å². The van der Waals surface area contributed by atoms with E-state index in [0.29, 0.717) is 10.7 Å². The molecule has 0 saturated heterocycles. The predicted octanol–water partition coefficient (Wildman–Crippen LogP) is 2.78. The van der Waals surface area contributed by atoms with Gasteiger partial charge in [0.1, 0.15) is 5.75 Å². The van der Waals surface area contributed by atoms with Crippen LogP contribution in [0.2, 0.25) is 5.02 Å². The van der Waals surface area contributed by atoms with Gasteiger partial charge in [0.2, 0.25) is 0 Å². The first-order valence-electron chi connectivity index (χ1n) is 3.84. The van der Waals surface area contributed by atoms with Gasteiger partial charge in [0.15, 0.2) is 0 Å². The van der Waals surface area contributed by atoms with Crippen molar-refractivity contribution in [1.82, 2.24) is 0 Å². The SMILES string of the molecule is Nc1cc(O)c2cc(Cl)ccc2c1. The molecule has 3 N–H and O–H groups in total. The van der Waals surface area contributed by atoms with Crippen molar-refractivity contribution < 1.29 is 5.11 Å². The van der Waals surface area contributed by atoms with Crippen LogP contribution in [0.25, 0.3) is 10.8 Å². The number of halogens is 1. The molecule has 0 fully saturated rings. The number of rotatable bonds is 0. The minimum atomic E-state index is 0.164. The van der Waals surface area contributed by atoms with Crippen LogP contribution in [0.4, 0.5) is 5.69 Å². The topological polar surface area (TPSA) is 46.2 Å². The molecule has 0 heterocycles. The molecule has 0 aliphatic heterocycles. The molecule has 0 bridgehead atoms. The second kappa shape index (κ2) is 2.82. The molecule has 2 nitrogen and oxygen atoms in total. The number of benzene rings is 2. The summed E-state index contributed by atoms with van der Waals surface area (Å²) >= 11 is 5.79. The van der Waals surface area contributed by atoms with Gasteiger partial charge in [-0.2, -0.15) is 0 Å². The average molecular weight is 194 g/mol. The van der Waals surface area contributed by atoms with E-state index in [9.17, 15) is 5.11 Å². The first kappa shape index (κ1) is 8.20. The predicted molar refractivity (Wildman–Crippen MR) is 55.0 cm³/mol. The minimum absolute atomic E-state index is 0.164. The maximum absolute atomic E-state index is 9.54. The van der Waals surface area contributed by atoms with E-state index in [1.807, 2.05) is 6.07 Å². The summed E-state index contributed by atoms with van der Waals surface area (Å²) in [6.07, 6.45) is 0. The molecular formula is C10H8ClNO. The van der Waals surface area contributed by atoms with Gasteiger partial charge in [-0.05, 0) is 23.6 Å². The zero-order valence-corrected chi connectivity index (χ0v) is 7.55. The molecule has 2 aromatic carbocycles. The van der Waals surface area contributed by atoms with Crippen molar-refractivity contribution in [1.29, 1.82) is 0 Å². The maximum Gasteiger partial charge on any atom is 0.125 e. The Morgan fingerprint density at radius 1 is 1.15 bits per heavy atom. The van der Waals surface area contributed by atoms with Crippen molar-refractivity contribution in [2.24, 2.45) is 0 Å². The average Bonchev–Trinajstić information content (AvgIpc) is 2.06. The van der Waals surface area contributed by atoms with Gasteiger partial charge in [-0.3, -0.25) is 0 Å². The number of hydrogen-bond donors (Lipinski definition) is 2. The molecule has 0 unspecified atom stereocenters. The third-order valence-corrected chi connectivity index (χ3v) is 2.15. The number of phenolic OH excluding ortho intramolecular Hbond substituents is 1. The summed E-state index contributed by atoms with van der Waals surface area (Å²) in [5, 5.41) is 11.8. The first-order valence-corrected chi connectivity index (χ1v) is 4.22. The van der Waals surface area contributed by atoms with Crippen molar-refractivity contribution in [3.8, 4) is 5.75 Å². The number of anilines is 1. The zero-order valence-electron chi connectivity index (χ0n) is 6.79. The third kappa shape index (κ3) is 1.40. The van der Waals surface area contributed by atoms with E-state index in [1.165, 1.54) is 6.07 Å². The summed E-state index contributed by atoms with van der Waals surface area (Å²) in [4.78, 5) is 0. The van der Waals surface area contributed by atoms with Gasteiger partial charge in [0, 0.05) is 22.2 Å². The number of nitrogens with two attached hydrogens (primary N) is 1. The summed E-state index contributed by atoms with van der Waals surface area (Å²) in [7, 11) is 0. The molecule has 0 spiro atoms. The molecule has 13 heavy (non-hydrogen) atoms. The van der Waals surface area contributed by atoms with Gasteiger partial charge in [-0.15, -0.1) is 0 Å². The van der Waals surface area contributed by atoms with E-state index in [0.717, 1.165) is 10.8 Å². The lowest BCUT2D eigenvalue weighted by Crippen LogP contribution is -1.84. The lowest BCUT2D eigenvalue weighted by Gasteiger charge is -2.02. The van der Waals surface area contributed by atoms with Crippen LogP contribution < -0.4 is 5.73 Å². The summed E-state index contributed by atoms with van der Waals surface area (Å²) < 4.78 is 0. The second-order valence-corrected chi connectivity index (χ2v) is 3.34. The number of nitrogen functional groups attached to an aromatic ring is 1. The van der Waals surface area contributed by atoms with Crippen molar-refractivity contribution >= 4 is 28.1 Å². The Morgan fingerprint density at radius 2 is 1.92 bits per heavy atom. The summed E-state index contributed by atoms with van der Waals surface area (Å²) in [6.45, 7) is 0. The minimum Gasteiger partial charge on any atom is -0.507 e. The normalized spacial score (nSPS) is 10.5. The number of hydrogen-bond acceptors (Lipinski definition) is 2. The first-order chi connectivity index (χ1) is 6.16. The van der Waals surface area contributed by atoms with Crippen LogP contribution >= 0.6 is 11.6 Å². The summed E-state index contributed by atoms with van der Waals surface area (Å²) in [6, 6.07) is 8.62. The fraction of sp³-hybridized carbons (Fsp3) is 0. The molecular weight excluding hydrogens is 186 g/mol. The smallest absolute Gasteiger partial charge is 0.125 e. The molecule has 66 valence electrons. The number of phenols is 1. The standard InChI is InChI=1S/C10H8ClNO/c11-7-2-1-6-3-8(12)5-10(13)9(6)4-7/h1-5,13H,12H2. The van der Waals surface area contributed by atoms with Crippen molar-refractivity contribution in [3.05, 3.63) is 35.4 Å². The van der Waals surface area contributed by atoms with Gasteiger partial charge in [-0.1, -0.05) is 17.7 Å². The Kier molecular flexibility index (Phi) is 1.78. The van der Waals surface area contributed by atoms with Crippen LogP contribution in [-0.2, 0) is 0 Å². The highest BCUT2D eigenvalue weighted by molar-refractivity contribution is 6.31. The van der Waals surface area contributed by atoms with Gasteiger partial charge in [-0.25, -0.2) is 0 Å². The molecule has 0 atom stereocenters. The van der Waals surface area contributed by atoms with Crippen molar-refractivity contribution in [3.63, 3.8) is 0 Å². The molecule has 0 radical (unpaired) electrons. The molecule has 0 aliphatic carbocycles. The zero-order chi connectivity index (χ0) is 9.42. The molecule has 2 rings (SSSR count). The van der Waals surface area contributed by atoms with E-state index in [2.05, 4.69) is 0 Å².